The number of nitrogens with zero attached hydrogens (tertiary/aromatic N) is 1. The van der Waals surface area contributed by atoms with Gasteiger partial charge < -0.3 is 10.6 Å². The second-order valence-corrected chi connectivity index (χ2v) is 5.65. The van der Waals surface area contributed by atoms with Crippen molar-refractivity contribution in [1.82, 2.24) is 4.90 Å². The van der Waals surface area contributed by atoms with E-state index in [1.807, 2.05) is 30.0 Å². The molecule has 2 aromatic rings. The molecule has 0 saturated heterocycles. The molecule has 0 fully saturated rings. The van der Waals surface area contributed by atoms with Gasteiger partial charge >= 0.3 is 0 Å². The van der Waals surface area contributed by atoms with Gasteiger partial charge in [-0.05, 0) is 43.0 Å². The van der Waals surface area contributed by atoms with Crippen LogP contribution in [0.4, 0.5) is 5.69 Å². The molecule has 0 atom stereocenters. The minimum Gasteiger partial charge on any atom is -0.398 e. The third kappa shape index (κ3) is 2.77. The Morgan fingerprint density at radius 3 is 2.29 bits per heavy atom. The van der Waals surface area contributed by atoms with Crippen LogP contribution in [0.2, 0.25) is 0 Å². The number of aryl methyl sites for hydroxylation is 1. The van der Waals surface area contributed by atoms with Crippen LogP contribution in [0.3, 0.4) is 0 Å². The van der Waals surface area contributed by atoms with Crippen molar-refractivity contribution >= 4 is 11.6 Å². The molecule has 21 heavy (non-hydrogen) atoms. The maximum absolute atomic E-state index is 12.7. The Balaban J connectivity index is 1.82. The highest BCUT2D eigenvalue weighted by molar-refractivity contribution is 5.99. The van der Waals surface area contributed by atoms with E-state index < -0.39 is 0 Å². The number of benzene rings is 2. The third-order valence-electron chi connectivity index (χ3n) is 4.15. The first-order valence-corrected chi connectivity index (χ1v) is 7.37. The van der Waals surface area contributed by atoms with Crippen molar-refractivity contribution in [3.8, 4) is 0 Å². The normalized spacial score (nSPS) is 14.4. The van der Waals surface area contributed by atoms with E-state index in [0.717, 1.165) is 31.5 Å². The van der Waals surface area contributed by atoms with Gasteiger partial charge in [-0.3, -0.25) is 4.79 Å². The van der Waals surface area contributed by atoms with Crippen molar-refractivity contribution in [2.24, 2.45) is 0 Å². The second kappa shape index (κ2) is 5.60. The van der Waals surface area contributed by atoms with Gasteiger partial charge in [-0.25, -0.2) is 0 Å². The van der Waals surface area contributed by atoms with E-state index in [0.29, 0.717) is 11.3 Å². The predicted molar refractivity (Wildman–Crippen MR) is 85.3 cm³/mol. The Morgan fingerprint density at radius 2 is 1.67 bits per heavy atom. The molecule has 3 heteroatoms. The summed E-state index contributed by atoms with van der Waals surface area (Å²) in [5.41, 5.74) is 10.9. The molecule has 1 amide bonds. The van der Waals surface area contributed by atoms with E-state index in [1.165, 1.54) is 11.1 Å². The van der Waals surface area contributed by atoms with Crippen molar-refractivity contribution in [1.29, 1.82) is 0 Å². The smallest absolute Gasteiger partial charge is 0.255 e. The summed E-state index contributed by atoms with van der Waals surface area (Å²) < 4.78 is 0. The molecule has 0 unspecified atom stereocenters. The molecule has 0 aliphatic carbocycles. The van der Waals surface area contributed by atoms with Crippen molar-refractivity contribution in [2.45, 2.75) is 19.8 Å². The molecule has 2 aromatic carbocycles. The van der Waals surface area contributed by atoms with Crippen LogP contribution < -0.4 is 5.73 Å². The number of nitrogens with two attached hydrogens (primary N) is 1. The van der Waals surface area contributed by atoms with E-state index in [4.69, 9.17) is 5.73 Å². The fourth-order valence-corrected chi connectivity index (χ4v) is 2.90. The minimum atomic E-state index is 0.0454. The van der Waals surface area contributed by atoms with Crippen molar-refractivity contribution < 1.29 is 4.79 Å². The zero-order chi connectivity index (χ0) is 14.8. The molecule has 0 saturated carbocycles. The standard InChI is InChI=1S/C18H20N2O/c1-13-6-7-17(19)16(12-13)18(21)20-10-8-14-4-2-3-5-15(14)9-11-20/h2-7,12H,8-11,19H2,1H3. The Morgan fingerprint density at radius 1 is 1.05 bits per heavy atom. The van der Waals surface area contributed by atoms with Gasteiger partial charge in [-0.1, -0.05) is 35.9 Å². The largest absolute Gasteiger partial charge is 0.398 e. The van der Waals surface area contributed by atoms with Crippen LogP contribution in [-0.4, -0.2) is 23.9 Å². The Hall–Kier alpha value is -2.29. The molecule has 2 N–H and O–H groups in total. The van der Waals surface area contributed by atoms with Gasteiger partial charge in [0.2, 0.25) is 0 Å². The number of carbonyl (C=O) groups excluding carboxylic acids is 1. The number of anilines is 1. The van der Waals surface area contributed by atoms with Crippen LogP contribution in [0.1, 0.15) is 27.0 Å². The van der Waals surface area contributed by atoms with Crippen LogP contribution in [0.5, 0.6) is 0 Å². The van der Waals surface area contributed by atoms with E-state index >= 15 is 0 Å². The molecule has 1 heterocycles. The van der Waals surface area contributed by atoms with E-state index in [1.54, 1.807) is 0 Å². The van der Waals surface area contributed by atoms with Gasteiger partial charge in [0.05, 0.1) is 5.56 Å². The number of hydrogen-bond donors (Lipinski definition) is 1. The summed E-state index contributed by atoms with van der Waals surface area (Å²) in [6.07, 6.45) is 1.82. The monoisotopic (exact) mass is 280 g/mol. The highest BCUT2D eigenvalue weighted by atomic mass is 16.2. The molecule has 1 aliphatic heterocycles. The first-order valence-electron chi connectivity index (χ1n) is 7.37. The summed E-state index contributed by atoms with van der Waals surface area (Å²) in [6.45, 7) is 3.49. The maximum atomic E-state index is 12.7. The summed E-state index contributed by atoms with van der Waals surface area (Å²) >= 11 is 0. The van der Waals surface area contributed by atoms with Gasteiger partial charge in [-0.15, -0.1) is 0 Å². The maximum Gasteiger partial charge on any atom is 0.255 e. The van der Waals surface area contributed by atoms with Crippen LogP contribution >= 0.6 is 0 Å². The lowest BCUT2D eigenvalue weighted by Gasteiger charge is -2.21. The molecule has 108 valence electrons. The SMILES string of the molecule is Cc1ccc(N)c(C(=O)N2CCc3ccccc3CC2)c1. The van der Waals surface area contributed by atoms with Gasteiger partial charge in [0, 0.05) is 18.8 Å². The predicted octanol–water partition coefficient (Wildman–Crippen LogP) is 2.82. The zero-order valence-corrected chi connectivity index (χ0v) is 12.3. The molecule has 3 nitrogen and oxygen atoms in total. The summed E-state index contributed by atoms with van der Waals surface area (Å²) in [5, 5.41) is 0. The Labute approximate surface area is 125 Å². The zero-order valence-electron chi connectivity index (χ0n) is 12.3. The van der Waals surface area contributed by atoms with Crippen molar-refractivity contribution in [2.75, 3.05) is 18.8 Å². The topological polar surface area (TPSA) is 46.3 Å². The van der Waals surface area contributed by atoms with E-state index in [2.05, 4.69) is 24.3 Å². The lowest BCUT2D eigenvalue weighted by molar-refractivity contribution is 0.0764. The molecule has 1 aliphatic rings. The second-order valence-electron chi connectivity index (χ2n) is 5.65. The molecule has 0 bridgehead atoms. The Kier molecular flexibility index (Phi) is 3.65. The molecular weight excluding hydrogens is 260 g/mol. The highest BCUT2D eigenvalue weighted by Crippen LogP contribution is 2.20. The lowest BCUT2D eigenvalue weighted by Crippen LogP contribution is -2.33. The van der Waals surface area contributed by atoms with Gasteiger partial charge in [0.25, 0.3) is 5.91 Å². The van der Waals surface area contributed by atoms with E-state index in [9.17, 15) is 4.79 Å². The summed E-state index contributed by atoms with van der Waals surface area (Å²) in [5.74, 6) is 0.0454. The van der Waals surface area contributed by atoms with Crippen LogP contribution in [0, 0.1) is 6.92 Å². The lowest BCUT2D eigenvalue weighted by atomic mass is 10.0. The van der Waals surface area contributed by atoms with Crippen LogP contribution in [0.15, 0.2) is 42.5 Å². The molecule has 3 rings (SSSR count). The minimum absolute atomic E-state index is 0.0454. The van der Waals surface area contributed by atoms with Gasteiger partial charge in [-0.2, -0.15) is 0 Å². The number of nitrogen functional groups attached to an aromatic ring is 1. The van der Waals surface area contributed by atoms with Crippen LogP contribution in [0.25, 0.3) is 0 Å². The van der Waals surface area contributed by atoms with Gasteiger partial charge in [0.1, 0.15) is 0 Å². The molecule has 0 spiro atoms. The first kappa shape index (κ1) is 13.7. The third-order valence-corrected chi connectivity index (χ3v) is 4.15. The Bertz CT molecular complexity index is 652. The number of carbonyl (C=O) groups is 1. The number of fused-ring (bicyclic) bond motifs is 1. The molecular formula is C18H20N2O. The summed E-state index contributed by atoms with van der Waals surface area (Å²) in [6, 6.07) is 14.1. The van der Waals surface area contributed by atoms with Crippen LogP contribution in [-0.2, 0) is 12.8 Å². The fraction of sp³-hybridized carbons (Fsp3) is 0.278. The average molecular weight is 280 g/mol. The van der Waals surface area contributed by atoms with Crippen molar-refractivity contribution in [3.63, 3.8) is 0 Å². The average Bonchev–Trinajstić information content (AvgIpc) is 2.71. The van der Waals surface area contributed by atoms with E-state index in [-0.39, 0.29) is 5.91 Å². The highest BCUT2D eigenvalue weighted by Gasteiger charge is 2.21. The number of rotatable bonds is 1. The first-order chi connectivity index (χ1) is 10.1. The van der Waals surface area contributed by atoms with Crippen molar-refractivity contribution in [3.05, 3.63) is 64.7 Å². The molecule has 0 radical (unpaired) electrons. The summed E-state index contributed by atoms with van der Waals surface area (Å²) in [7, 11) is 0. The number of hydrogen-bond acceptors (Lipinski definition) is 2. The number of amides is 1. The van der Waals surface area contributed by atoms with Gasteiger partial charge in [0.15, 0.2) is 0 Å². The summed E-state index contributed by atoms with van der Waals surface area (Å²) in [4.78, 5) is 14.6. The fourth-order valence-electron chi connectivity index (χ4n) is 2.90. The quantitative estimate of drug-likeness (QED) is 0.816. The molecule has 0 aromatic heterocycles.